The molecule has 0 aliphatic carbocycles. The Morgan fingerprint density at radius 3 is 2.00 bits per heavy atom. The summed E-state index contributed by atoms with van der Waals surface area (Å²) in [6.07, 6.45) is -0.337. The van der Waals surface area contributed by atoms with Gasteiger partial charge in [0.25, 0.3) is 0 Å². The van der Waals surface area contributed by atoms with E-state index in [0.29, 0.717) is 0 Å². The van der Waals surface area contributed by atoms with Crippen LogP contribution < -0.4 is 11.5 Å². The van der Waals surface area contributed by atoms with Gasteiger partial charge in [-0.05, 0) is 0 Å². The van der Waals surface area contributed by atoms with Gasteiger partial charge >= 0.3 is 5.97 Å². The first-order valence-corrected chi connectivity index (χ1v) is 2.94. The first kappa shape index (κ1) is 17.9. The molecule has 0 rings (SSSR count). The Labute approximate surface area is 83.3 Å². The normalized spacial score (nSPS) is 8.58. The average molecular weight is 221 g/mol. The molecule has 5 N–H and O–H groups in total. The molecule has 0 amide bonds. The molecule has 0 aliphatic rings. The van der Waals surface area contributed by atoms with E-state index >= 15 is 0 Å². The van der Waals surface area contributed by atoms with Gasteiger partial charge in [0.15, 0.2) is 0 Å². The van der Waals surface area contributed by atoms with Crippen LogP contribution in [0.2, 0.25) is 0 Å². The zero-order valence-corrected chi connectivity index (χ0v) is 8.07. The fourth-order valence-electron chi connectivity index (χ4n) is 0.421. The quantitative estimate of drug-likeness (QED) is 0.565. The minimum atomic E-state index is -1.01. The minimum Gasteiger partial charge on any atom is -0.480 e. The van der Waals surface area contributed by atoms with Crippen LogP contribution >= 0.6 is 24.8 Å². The van der Waals surface area contributed by atoms with E-state index in [-0.39, 0.29) is 50.6 Å². The van der Waals surface area contributed by atoms with Gasteiger partial charge in [0, 0.05) is 13.1 Å². The second-order valence-corrected chi connectivity index (χ2v) is 1.80. The molecule has 0 radical (unpaired) electrons. The van der Waals surface area contributed by atoms with Crippen molar-refractivity contribution < 1.29 is 14.6 Å². The zero-order chi connectivity index (χ0) is 7.98. The fraction of sp³-hybridized carbons (Fsp3) is 0.800. The Balaban J connectivity index is -0.000000405. The maximum absolute atomic E-state index is 9.93. The summed E-state index contributed by atoms with van der Waals surface area (Å²) >= 11 is 0. The monoisotopic (exact) mass is 220 g/mol. The van der Waals surface area contributed by atoms with Gasteiger partial charge in [0.1, 0.15) is 6.61 Å². The number of carbonyl (C=O) groups is 1. The Bertz CT molecular complexity index is 111. The van der Waals surface area contributed by atoms with Crippen molar-refractivity contribution in [2.45, 2.75) is 6.10 Å². The predicted octanol–water partition coefficient (Wildman–Crippen LogP) is -0.783. The molecule has 0 atom stereocenters. The molecule has 5 nitrogen and oxygen atoms in total. The van der Waals surface area contributed by atoms with Gasteiger partial charge in [-0.1, -0.05) is 0 Å². The van der Waals surface area contributed by atoms with E-state index in [2.05, 4.69) is 0 Å². The van der Waals surface area contributed by atoms with Crippen molar-refractivity contribution in [1.82, 2.24) is 0 Å². The maximum Gasteiger partial charge on any atom is 0.329 e. The third-order valence-electron chi connectivity index (χ3n) is 0.968. The van der Waals surface area contributed by atoms with E-state index in [1.807, 2.05) is 0 Å². The van der Waals surface area contributed by atoms with Crippen LogP contribution in [0, 0.1) is 0 Å². The summed E-state index contributed by atoms with van der Waals surface area (Å²) in [7, 11) is 0. The number of carboxylic acids is 1. The highest BCUT2D eigenvalue weighted by Gasteiger charge is 2.05. The lowest BCUT2D eigenvalue weighted by atomic mass is 10.4. The van der Waals surface area contributed by atoms with Gasteiger partial charge in [-0.3, -0.25) is 0 Å². The van der Waals surface area contributed by atoms with Crippen molar-refractivity contribution in [3.05, 3.63) is 0 Å². The van der Waals surface area contributed by atoms with Crippen LogP contribution in [0.25, 0.3) is 0 Å². The van der Waals surface area contributed by atoms with Crippen LogP contribution in [0.3, 0.4) is 0 Å². The third kappa shape index (κ3) is 9.93. The Hall–Kier alpha value is -0.0700. The molecule has 0 aromatic carbocycles. The highest BCUT2D eigenvalue weighted by Crippen LogP contribution is 1.84. The predicted molar refractivity (Wildman–Crippen MR) is 50.0 cm³/mol. The third-order valence-corrected chi connectivity index (χ3v) is 0.968. The van der Waals surface area contributed by atoms with Gasteiger partial charge in [0.2, 0.25) is 0 Å². The molecule has 7 heteroatoms. The molecular formula is C5H14Cl2N2O3. The summed E-state index contributed by atoms with van der Waals surface area (Å²) < 4.78 is 4.75. The fourth-order valence-corrected chi connectivity index (χ4v) is 0.421. The Morgan fingerprint density at radius 1 is 1.33 bits per heavy atom. The minimum absolute atomic E-state index is 0. The largest absolute Gasteiger partial charge is 0.480 e. The Kier molecular flexibility index (Phi) is 16.3. The second-order valence-electron chi connectivity index (χ2n) is 1.80. The molecular weight excluding hydrogens is 207 g/mol. The number of aliphatic carboxylic acids is 1. The van der Waals surface area contributed by atoms with Crippen LogP contribution in [-0.2, 0) is 9.53 Å². The lowest BCUT2D eigenvalue weighted by Crippen LogP contribution is -2.33. The molecule has 0 fully saturated rings. The average Bonchev–Trinajstić information content (AvgIpc) is 1.90. The number of rotatable bonds is 5. The summed E-state index contributed by atoms with van der Waals surface area (Å²) in [6.45, 7) is 0.173. The van der Waals surface area contributed by atoms with Crippen molar-refractivity contribution in [2.24, 2.45) is 11.5 Å². The number of nitrogens with two attached hydrogens (primary N) is 2. The van der Waals surface area contributed by atoms with Crippen molar-refractivity contribution in [2.75, 3.05) is 19.7 Å². The molecule has 0 bridgehead atoms. The summed E-state index contributed by atoms with van der Waals surface area (Å²) in [5.41, 5.74) is 10.3. The van der Waals surface area contributed by atoms with E-state index in [0.717, 1.165) is 0 Å². The van der Waals surface area contributed by atoms with Gasteiger partial charge in [-0.2, -0.15) is 0 Å². The summed E-state index contributed by atoms with van der Waals surface area (Å²) in [5, 5.41) is 8.15. The molecule has 0 spiro atoms. The molecule has 0 saturated carbocycles. The zero-order valence-electron chi connectivity index (χ0n) is 6.43. The van der Waals surface area contributed by atoms with E-state index in [9.17, 15) is 4.79 Å². The van der Waals surface area contributed by atoms with Gasteiger partial charge in [0.05, 0.1) is 6.10 Å². The topological polar surface area (TPSA) is 98.6 Å². The van der Waals surface area contributed by atoms with Crippen LogP contribution in [0.4, 0.5) is 0 Å². The van der Waals surface area contributed by atoms with Crippen molar-refractivity contribution in [1.29, 1.82) is 0 Å². The van der Waals surface area contributed by atoms with Gasteiger partial charge < -0.3 is 21.3 Å². The van der Waals surface area contributed by atoms with E-state index in [1.54, 1.807) is 0 Å². The lowest BCUT2D eigenvalue weighted by Gasteiger charge is -2.10. The van der Waals surface area contributed by atoms with E-state index in [4.69, 9.17) is 21.3 Å². The number of carboxylic acid groups (broad SMARTS) is 1. The van der Waals surface area contributed by atoms with E-state index < -0.39 is 5.97 Å². The Morgan fingerprint density at radius 2 is 1.75 bits per heavy atom. The summed E-state index contributed by atoms with van der Waals surface area (Å²) in [4.78, 5) is 9.93. The van der Waals surface area contributed by atoms with Gasteiger partial charge in [-0.15, -0.1) is 24.8 Å². The number of hydrogen-bond acceptors (Lipinski definition) is 4. The highest BCUT2D eigenvalue weighted by atomic mass is 35.5. The molecule has 0 unspecified atom stereocenters. The van der Waals surface area contributed by atoms with Gasteiger partial charge in [-0.25, -0.2) is 4.79 Å². The highest BCUT2D eigenvalue weighted by molar-refractivity contribution is 5.85. The molecule has 0 aromatic heterocycles. The second kappa shape index (κ2) is 10.9. The van der Waals surface area contributed by atoms with Crippen molar-refractivity contribution in [3.8, 4) is 0 Å². The van der Waals surface area contributed by atoms with Crippen LogP contribution in [0.15, 0.2) is 0 Å². The van der Waals surface area contributed by atoms with Crippen LogP contribution in [0.1, 0.15) is 0 Å². The SMILES string of the molecule is Cl.Cl.NCC(CN)OCC(=O)O. The maximum atomic E-state index is 9.93. The smallest absolute Gasteiger partial charge is 0.329 e. The number of ether oxygens (including phenoxy) is 1. The molecule has 0 heterocycles. The standard InChI is InChI=1S/C5H12N2O3.2ClH/c6-1-4(2-7)10-3-5(8)9;;/h4H,1-3,6-7H2,(H,8,9);2*1H. The number of halogens is 2. The first-order valence-electron chi connectivity index (χ1n) is 2.94. The summed E-state index contributed by atoms with van der Waals surface area (Å²) in [5.74, 6) is -1.01. The van der Waals surface area contributed by atoms with Crippen molar-refractivity contribution in [3.63, 3.8) is 0 Å². The molecule has 76 valence electrons. The van der Waals surface area contributed by atoms with Crippen molar-refractivity contribution >= 4 is 30.8 Å². The molecule has 0 aromatic rings. The lowest BCUT2D eigenvalue weighted by molar-refractivity contribution is -0.143. The summed E-state index contributed by atoms with van der Waals surface area (Å²) in [6, 6.07) is 0. The molecule has 12 heavy (non-hydrogen) atoms. The molecule has 0 aliphatic heterocycles. The van der Waals surface area contributed by atoms with Crippen LogP contribution in [-0.4, -0.2) is 36.9 Å². The first-order chi connectivity index (χ1) is 4.70. The van der Waals surface area contributed by atoms with Crippen LogP contribution in [0.5, 0.6) is 0 Å². The van der Waals surface area contributed by atoms with E-state index in [1.165, 1.54) is 0 Å². The molecule has 0 saturated heterocycles. The number of hydrogen-bond donors (Lipinski definition) is 3.